The van der Waals surface area contributed by atoms with Crippen LogP contribution in [0.15, 0.2) is 30.5 Å². The van der Waals surface area contributed by atoms with Crippen LogP contribution in [0.4, 0.5) is 33.3 Å². The monoisotopic (exact) mass is 486 g/mol. The molecular formula is C18H17Cl2F5N4O2. The minimum Gasteiger partial charge on any atom is -0.369 e. The van der Waals surface area contributed by atoms with Gasteiger partial charge in [-0.1, -0.05) is 0 Å². The van der Waals surface area contributed by atoms with Crippen molar-refractivity contribution in [3.63, 3.8) is 0 Å². The van der Waals surface area contributed by atoms with Gasteiger partial charge < -0.3 is 16.4 Å². The fraction of sp³-hybridized carbons (Fsp3) is 0.278. The van der Waals surface area contributed by atoms with E-state index in [9.17, 15) is 31.5 Å². The van der Waals surface area contributed by atoms with Gasteiger partial charge in [-0.2, -0.15) is 13.2 Å². The molecule has 0 bridgehead atoms. The lowest BCUT2D eigenvalue weighted by Gasteiger charge is -2.15. The zero-order chi connectivity index (χ0) is 21.4. The molecule has 0 saturated heterocycles. The molecule has 13 heteroatoms. The van der Waals surface area contributed by atoms with Crippen molar-refractivity contribution >= 4 is 48.0 Å². The average molecular weight is 487 g/mol. The summed E-state index contributed by atoms with van der Waals surface area (Å²) >= 11 is 0. The third kappa shape index (κ3) is 5.73. The number of benzene rings is 1. The van der Waals surface area contributed by atoms with E-state index in [1.165, 1.54) is 0 Å². The Kier molecular flexibility index (Phi) is 8.21. The maximum atomic E-state index is 14.2. The van der Waals surface area contributed by atoms with Crippen molar-refractivity contribution < 1.29 is 31.5 Å². The Balaban J connectivity index is 0.00000240. The van der Waals surface area contributed by atoms with Gasteiger partial charge in [0.1, 0.15) is 17.0 Å². The number of halogens is 7. The topological polar surface area (TPSA) is 97.1 Å². The van der Waals surface area contributed by atoms with Gasteiger partial charge in [0, 0.05) is 6.07 Å². The van der Waals surface area contributed by atoms with Crippen molar-refractivity contribution in [2.45, 2.75) is 25.6 Å². The Morgan fingerprint density at radius 2 is 1.77 bits per heavy atom. The number of alkyl halides is 3. The molecule has 0 aliphatic heterocycles. The van der Waals surface area contributed by atoms with Crippen molar-refractivity contribution in [2.75, 3.05) is 5.32 Å². The largest absolute Gasteiger partial charge is 0.418 e. The second-order valence-corrected chi connectivity index (χ2v) is 6.59. The summed E-state index contributed by atoms with van der Waals surface area (Å²) in [6, 6.07) is 2.92. The highest BCUT2D eigenvalue weighted by Crippen LogP contribution is 2.45. The SMILES string of the molecule is Cl.Cl.NC(=O)C1(C(=O)NCc2ncc(Nc3ccc(F)cc3C(F)(F)F)cc2F)CC1. The van der Waals surface area contributed by atoms with Gasteiger partial charge in [-0.25, -0.2) is 8.78 Å². The van der Waals surface area contributed by atoms with Gasteiger partial charge in [-0.05, 0) is 31.0 Å². The van der Waals surface area contributed by atoms with E-state index in [1.54, 1.807) is 0 Å². The molecule has 1 aromatic carbocycles. The quantitative estimate of drug-likeness (QED) is 0.426. The highest BCUT2D eigenvalue weighted by Gasteiger charge is 2.55. The molecule has 170 valence electrons. The van der Waals surface area contributed by atoms with Crippen LogP contribution < -0.4 is 16.4 Å². The molecule has 0 unspecified atom stereocenters. The number of aromatic nitrogens is 1. The van der Waals surface area contributed by atoms with Crippen LogP contribution in [0.1, 0.15) is 24.1 Å². The van der Waals surface area contributed by atoms with E-state index in [-0.39, 0.29) is 42.7 Å². The number of amides is 2. The Bertz CT molecular complexity index is 984. The Labute approximate surface area is 185 Å². The summed E-state index contributed by atoms with van der Waals surface area (Å²) in [5, 5.41) is 4.73. The molecule has 1 saturated carbocycles. The molecule has 0 spiro atoms. The molecule has 31 heavy (non-hydrogen) atoms. The second-order valence-electron chi connectivity index (χ2n) is 6.59. The van der Waals surface area contributed by atoms with E-state index in [2.05, 4.69) is 15.6 Å². The fourth-order valence-corrected chi connectivity index (χ4v) is 2.72. The predicted octanol–water partition coefficient (Wildman–Crippen LogP) is 3.85. The summed E-state index contributed by atoms with van der Waals surface area (Å²) in [4.78, 5) is 27.1. The molecule has 2 aromatic rings. The number of pyridine rings is 1. The lowest BCUT2D eigenvalue weighted by atomic mass is 10.1. The first-order valence-corrected chi connectivity index (χ1v) is 8.39. The third-order valence-corrected chi connectivity index (χ3v) is 4.56. The van der Waals surface area contributed by atoms with Crippen LogP contribution in [0.25, 0.3) is 0 Å². The molecule has 0 atom stereocenters. The summed E-state index contributed by atoms with van der Waals surface area (Å²) in [6.07, 6.45) is -3.13. The van der Waals surface area contributed by atoms with Gasteiger partial charge >= 0.3 is 6.18 Å². The molecule has 1 aliphatic rings. The predicted molar refractivity (Wildman–Crippen MR) is 106 cm³/mol. The fourth-order valence-electron chi connectivity index (χ4n) is 2.72. The van der Waals surface area contributed by atoms with Crippen molar-refractivity contribution in [1.29, 1.82) is 0 Å². The second kappa shape index (κ2) is 9.65. The van der Waals surface area contributed by atoms with Gasteiger partial charge in [-0.15, -0.1) is 24.8 Å². The smallest absolute Gasteiger partial charge is 0.369 e. The summed E-state index contributed by atoms with van der Waals surface area (Å²) < 4.78 is 66.5. The molecule has 1 aliphatic carbocycles. The molecule has 0 radical (unpaired) electrons. The van der Waals surface area contributed by atoms with E-state index >= 15 is 0 Å². The highest BCUT2D eigenvalue weighted by atomic mass is 35.5. The number of nitrogens with zero attached hydrogens (tertiary/aromatic N) is 1. The number of carbonyl (C=O) groups excluding carboxylic acids is 2. The van der Waals surface area contributed by atoms with E-state index in [1.807, 2.05) is 0 Å². The Morgan fingerprint density at radius 3 is 2.29 bits per heavy atom. The molecule has 6 nitrogen and oxygen atoms in total. The first kappa shape index (κ1) is 26.4. The van der Waals surface area contributed by atoms with Crippen LogP contribution in [-0.2, 0) is 22.3 Å². The molecule has 4 N–H and O–H groups in total. The maximum Gasteiger partial charge on any atom is 0.418 e. The van der Waals surface area contributed by atoms with Crippen LogP contribution in [0, 0.1) is 17.0 Å². The molecule has 1 fully saturated rings. The van der Waals surface area contributed by atoms with E-state index in [0.717, 1.165) is 24.4 Å². The summed E-state index contributed by atoms with van der Waals surface area (Å²) in [5.41, 5.74) is 1.89. The van der Waals surface area contributed by atoms with Crippen LogP contribution in [0.2, 0.25) is 0 Å². The van der Waals surface area contributed by atoms with E-state index in [4.69, 9.17) is 5.73 Å². The van der Waals surface area contributed by atoms with Gasteiger partial charge in [0.2, 0.25) is 11.8 Å². The molecule has 2 amide bonds. The van der Waals surface area contributed by atoms with Crippen LogP contribution in [0.3, 0.4) is 0 Å². The number of carbonyl (C=O) groups is 2. The number of primary amides is 1. The standard InChI is InChI=1S/C18H15F5N4O2.2ClH/c19-9-1-2-13(11(5-9)18(21,22)23)27-10-6-12(20)14(25-7-10)8-26-16(29)17(3-4-17)15(24)28;;/h1-2,5-7,27H,3-4,8H2,(H2,24,28)(H,26,29);2*1H. The molecule has 1 heterocycles. The van der Waals surface area contributed by atoms with Gasteiger partial charge in [0.25, 0.3) is 0 Å². The minimum absolute atomic E-state index is 0. The van der Waals surface area contributed by atoms with E-state index in [0.29, 0.717) is 18.9 Å². The zero-order valence-corrected chi connectivity index (χ0v) is 17.2. The third-order valence-electron chi connectivity index (χ3n) is 4.56. The molecule has 3 rings (SSSR count). The maximum absolute atomic E-state index is 14.2. The van der Waals surface area contributed by atoms with Crippen molar-refractivity contribution in [3.8, 4) is 0 Å². The number of hydrogen-bond acceptors (Lipinski definition) is 4. The van der Waals surface area contributed by atoms with Crippen molar-refractivity contribution in [3.05, 3.63) is 53.4 Å². The minimum atomic E-state index is -4.82. The first-order chi connectivity index (χ1) is 13.5. The number of anilines is 2. The van der Waals surface area contributed by atoms with Crippen molar-refractivity contribution in [2.24, 2.45) is 11.1 Å². The van der Waals surface area contributed by atoms with E-state index < -0.39 is 46.3 Å². The normalized spacial score (nSPS) is 14.0. The molecule has 1 aromatic heterocycles. The summed E-state index contributed by atoms with van der Waals surface area (Å²) in [6.45, 7) is -0.329. The summed E-state index contributed by atoms with van der Waals surface area (Å²) in [5.74, 6) is -3.35. The lowest BCUT2D eigenvalue weighted by molar-refractivity contribution is -0.137. The Hall–Kier alpha value is -2.66. The lowest BCUT2D eigenvalue weighted by Crippen LogP contribution is -2.40. The van der Waals surface area contributed by atoms with Crippen LogP contribution in [-0.4, -0.2) is 16.8 Å². The van der Waals surface area contributed by atoms with Gasteiger partial charge in [0.05, 0.1) is 35.4 Å². The Morgan fingerprint density at radius 1 is 1.13 bits per heavy atom. The number of rotatable bonds is 6. The molecular weight excluding hydrogens is 470 g/mol. The highest BCUT2D eigenvalue weighted by molar-refractivity contribution is 6.07. The number of nitrogens with two attached hydrogens (primary N) is 1. The number of hydrogen-bond donors (Lipinski definition) is 3. The van der Waals surface area contributed by atoms with Crippen LogP contribution >= 0.6 is 24.8 Å². The first-order valence-electron chi connectivity index (χ1n) is 8.39. The van der Waals surface area contributed by atoms with Crippen molar-refractivity contribution in [1.82, 2.24) is 10.3 Å². The summed E-state index contributed by atoms with van der Waals surface area (Å²) in [7, 11) is 0. The number of nitrogens with one attached hydrogen (secondary N) is 2. The zero-order valence-electron chi connectivity index (χ0n) is 15.6. The van der Waals surface area contributed by atoms with Crippen LogP contribution in [0.5, 0.6) is 0 Å². The average Bonchev–Trinajstić information content (AvgIpc) is 3.43. The van der Waals surface area contributed by atoms with Gasteiger partial charge in [-0.3, -0.25) is 14.6 Å². The van der Waals surface area contributed by atoms with Gasteiger partial charge in [0.15, 0.2) is 0 Å².